The summed E-state index contributed by atoms with van der Waals surface area (Å²) in [7, 11) is 0. The van der Waals surface area contributed by atoms with E-state index in [-0.39, 0.29) is 16.8 Å². The van der Waals surface area contributed by atoms with Crippen LogP contribution in [0.3, 0.4) is 0 Å². The molecule has 0 saturated carbocycles. The van der Waals surface area contributed by atoms with Crippen LogP contribution in [-0.2, 0) is 11.3 Å². The van der Waals surface area contributed by atoms with Gasteiger partial charge in [0.15, 0.2) is 5.16 Å². The molecule has 1 aromatic rings. The summed E-state index contributed by atoms with van der Waals surface area (Å²) in [4.78, 5) is 23.4. The molecule has 1 heterocycles. The first-order chi connectivity index (χ1) is 8.95. The maximum Gasteiger partial charge on any atom is 0.343 e. The van der Waals surface area contributed by atoms with Gasteiger partial charge in [-0.2, -0.15) is 0 Å². The Morgan fingerprint density at radius 1 is 1.47 bits per heavy atom. The number of H-pyrrole nitrogens is 1. The van der Waals surface area contributed by atoms with Crippen LogP contribution in [0.25, 0.3) is 0 Å². The number of nitrogens with zero attached hydrogens (tertiary/aromatic N) is 2. The Labute approximate surface area is 117 Å². The second-order valence-electron chi connectivity index (χ2n) is 4.86. The van der Waals surface area contributed by atoms with Crippen molar-refractivity contribution in [2.24, 2.45) is 5.92 Å². The highest BCUT2D eigenvalue weighted by molar-refractivity contribution is 8.00. The molecule has 1 rings (SSSR count). The number of carbonyl (C=O) groups excluding carboxylic acids is 1. The molecule has 0 bridgehead atoms. The van der Waals surface area contributed by atoms with E-state index < -0.39 is 0 Å². The zero-order valence-corrected chi connectivity index (χ0v) is 12.7. The van der Waals surface area contributed by atoms with E-state index in [0.29, 0.717) is 24.2 Å². The molecule has 0 unspecified atom stereocenters. The van der Waals surface area contributed by atoms with Crippen LogP contribution in [0.5, 0.6) is 0 Å². The molecule has 1 atom stereocenters. The number of amides is 1. The third kappa shape index (κ3) is 4.74. The van der Waals surface area contributed by atoms with E-state index >= 15 is 0 Å². The van der Waals surface area contributed by atoms with E-state index in [2.05, 4.69) is 15.5 Å². The summed E-state index contributed by atoms with van der Waals surface area (Å²) in [6, 6.07) is 0. The molecule has 1 aromatic heterocycles. The SMILES string of the molecule is CCCn1c(S[C@@H](C)C(=O)NCC(C)C)n[nH]c1=O. The standard InChI is InChI=1S/C12H22N4O2S/c1-5-6-16-11(18)14-15-12(16)19-9(4)10(17)13-7-8(2)3/h8-9H,5-7H2,1-4H3,(H,13,17)(H,14,18)/t9-/m0/s1. The lowest BCUT2D eigenvalue weighted by atomic mass is 10.2. The number of rotatable bonds is 7. The maximum absolute atomic E-state index is 11.9. The van der Waals surface area contributed by atoms with Gasteiger partial charge in [0.25, 0.3) is 0 Å². The molecule has 19 heavy (non-hydrogen) atoms. The Balaban J connectivity index is 2.63. The molecule has 0 aliphatic heterocycles. The van der Waals surface area contributed by atoms with Gasteiger partial charge in [0, 0.05) is 13.1 Å². The number of hydrogen-bond acceptors (Lipinski definition) is 4. The number of nitrogens with one attached hydrogen (secondary N) is 2. The second kappa shape index (κ2) is 7.37. The molecule has 1 amide bonds. The van der Waals surface area contributed by atoms with Gasteiger partial charge in [0.2, 0.25) is 5.91 Å². The predicted molar refractivity (Wildman–Crippen MR) is 76.3 cm³/mol. The van der Waals surface area contributed by atoms with Crippen LogP contribution in [-0.4, -0.2) is 32.5 Å². The molecule has 0 aliphatic rings. The van der Waals surface area contributed by atoms with Crippen molar-refractivity contribution in [1.82, 2.24) is 20.1 Å². The normalized spacial score (nSPS) is 12.7. The maximum atomic E-state index is 11.9. The zero-order valence-electron chi connectivity index (χ0n) is 11.9. The summed E-state index contributed by atoms with van der Waals surface area (Å²) in [6.07, 6.45) is 0.848. The monoisotopic (exact) mass is 286 g/mol. The lowest BCUT2D eigenvalue weighted by molar-refractivity contribution is -0.120. The Bertz CT molecular complexity index is 467. The number of aromatic amines is 1. The van der Waals surface area contributed by atoms with Crippen molar-refractivity contribution in [3.8, 4) is 0 Å². The Morgan fingerprint density at radius 3 is 2.74 bits per heavy atom. The van der Waals surface area contributed by atoms with Crippen LogP contribution in [0.1, 0.15) is 34.1 Å². The van der Waals surface area contributed by atoms with E-state index in [1.165, 1.54) is 11.8 Å². The van der Waals surface area contributed by atoms with Gasteiger partial charge in [-0.3, -0.25) is 9.36 Å². The van der Waals surface area contributed by atoms with Gasteiger partial charge >= 0.3 is 5.69 Å². The summed E-state index contributed by atoms with van der Waals surface area (Å²) in [6.45, 7) is 9.17. The fourth-order valence-corrected chi connectivity index (χ4v) is 2.38. The van der Waals surface area contributed by atoms with Crippen LogP contribution in [0.4, 0.5) is 0 Å². The number of hydrogen-bond donors (Lipinski definition) is 2. The van der Waals surface area contributed by atoms with Crippen molar-refractivity contribution >= 4 is 17.7 Å². The molecule has 0 radical (unpaired) electrons. The van der Waals surface area contributed by atoms with E-state index in [1.54, 1.807) is 4.57 Å². The first kappa shape index (κ1) is 15.8. The molecular weight excluding hydrogens is 264 g/mol. The second-order valence-corrected chi connectivity index (χ2v) is 6.17. The topological polar surface area (TPSA) is 79.8 Å². The van der Waals surface area contributed by atoms with Gasteiger partial charge < -0.3 is 5.32 Å². The van der Waals surface area contributed by atoms with Gasteiger partial charge in [-0.15, -0.1) is 5.10 Å². The molecule has 0 aromatic carbocycles. The largest absolute Gasteiger partial charge is 0.355 e. The first-order valence-corrected chi connectivity index (χ1v) is 7.43. The van der Waals surface area contributed by atoms with Crippen molar-refractivity contribution in [2.45, 2.75) is 51.1 Å². The highest BCUT2D eigenvalue weighted by Gasteiger charge is 2.18. The van der Waals surface area contributed by atoms with Gasteiger partial charge in [-0.1, -0.05) is 32.5 Å². The Morgan fingerprint density at radius 2 is 2.16 bits per heavy atom. The summed E-state index contributed by atoms with van der Waals surface area (Å²) < 4.78 is 1.57. The quantitative estimate of drug-likeness (QED) is 0.739. The fourth-order valence-electron chi connectivity index (χ4n) is 1.47. The average Bonchev–Trinajstić information content (AvgIpc) is 2.69. The van der Waals surface area contributed by atoms with Gasteiger partial charge in [-0.25, -0.2) is 9.89 Å². The molecule has 7 heteroatoms. The van der Waals surface area contributed by atoms with Crippen molar-refractivity contribution in [2.75, 3.05) is 6.54 Å². The lowest BCUT2D eigenvalue weighted by Crippen LogP contribution is -2.33. The van der Waals surface area contributed by atoms with Crippen LogP contribution in [0.2, 0.25) is 0 Å². The van der Waals surface area contributed by atoms with Crippen LogP contribution >= 0.6 is 11.8 Å². The van der Waals surface area contributed by atoms with Crippen LogP contribution < -0.4 is 11.0 Å². The van der Waals surface area contributed by atoms with Crippen molar-refractivity contribution in [3.63, 3.8) is 0 Å². The summed E-state index contributed by atoms with van der Waals surface area (Å²) in [5.41, 5.74) is -0.223. The van der Waals surface area contributed by atoms with Crippen molar-refractivity contribution < 1.29 is 4.79 Å². The zero-order chi connectivity index (χ0) is 14.4. The molecule has 0 aliphatic carbocycles. The average molecular weight is 286 g/mol. The number of aromatic nitrogens is 3. The third-order valence-electron chi connectivity index (χ3n) is 2.51. The fraction of sp³-hybridized carbons (Fsp3) is 0.750. The van der Waals surface area contributed by atoms with Gasteiger partial charge in [0.1, 0.15) is 0 Å². The first-order valence-electron chi connectivity index (χ1n) is 6.55. The van der Waals surface area contributed by atoms with Crippen LogP contribution in [0.15, 0.2) is 9.95 Å². The van der Waals surface area contributed by atoms with E-state index in [1.807, 2.05) is 27.7 Å². The number of carbonyl (C=O) groups is 1. The molecule has 0 spiro atoms. The Hall–Kier alpha value is -1.24. The highest BCUT2D eigenvalue weighted by atomic mass is 32.2. The van der Waals surface area contributed by atoms with Gasteiger partial charge in [0.05, 0.1) is 5.25 Å². The third-order valence-corrected chi connectivity index (χ3v) is 3.60. The van der Waals surface area contributed by atoms with E-state index in [4.69, 9.17) is 0 Å². The minimum absolute atomic E-state index is 0.0304. The minimum atomic E-state index is -0.274. The molecule has 0 saturated heterocycles. The lowest BCUT2D eigenvalue weighted by Gasteiger charge is -2.13. The summed E-state index contributed by atoms with van der Waals surface area (Å²) in [5.74, 6) is 0.391. The summed E-state index contributed by atoms with van der Waals surface area (Å²) in [5, 5.41) is 9.55. The van der Waals surface area contributed by atoms with E-state index in [0.717, 1.165) is 6.42 Å². The van der Waals surface area contributed by atoms with E-state index in [9.17, 15) is 9.59 Å². The molecule has 0 fully saturated rings. The molecule has 2 N–H and O–H groups in total. The van der Waals surface area contributed by atoms with Crippen molar-refractivity contribution in [1.29, 1.82) is 0 Å². The molecule has 108 valence electrons. The summed E-state index contributed by atoms with van der Waals surface area (Å²) >= 11 is 1.30. The molecular formula is C12H22N4O2S. The molecule has 6 nitrogen and oxygen atoms in total. The van der Waals surface area contributed by atoms with Crippen LogP contribution in [0, 0.1) is 5.92 Å². The van der Waals surface area contributed by atoms with Gasteiger partial charge in [-0.05, 0) is 19.3 Å². The smallest absolute Gasteiger partial charge is 0.343 e. The highest BCUT2D eigenvalue weighted by Crippen LogP contribution is 2.19. The minimum Gasteiger partial charge on any atom is -0.355 e. The van der Waals surface area contributed by atoms with Crippen molar-refractivity contribution in [3.05, 3.63) is 10.5 Å². The predicted octanol–water partition coefficient (Wildman–Crippen LogP) is 1.23. The number of thioether (sulfide) groups is 1. The Kier molecular flexibility index (Phi) is 6.14.